The van der Waals surface area contributed by atoms with Crippen LogP contribution in [0.5, 0.6) is 0 Å². The van der Waals surface area contributed by atoms with E-state index >= 15 is 0 Å². The number of nitrogens with zero attached hydrogens (tertiary/aromatic N) is 1. The van der Waals surface area contributed by atoms with Crippen LogP contribution < -0.4 is 10.7 Å². The van der Waals surface area contributed by atoms with E-state index in [9.17, 15) is 14.0 Å². The topological polar surface area (TPSA) is 70.6 Å². The smallest absolute Gasteiger partial charge is 0.271 e. The normalized spacial score (nSPS) is 10.6. The minimum atomic E-state index is -0.480. The molecule has 7 heteroatoms. The summed E-state index contributed by atoms with van der Waals surface area (Å²) in [6.45, 7) is 0. The van der Waals surface area contributed by atoms with Crippen molar-refractivity contribution in [1.82, 2.24) is 5.43 Å². The number of rotatable bonds is 5. The van der Waals surface area contributed by atoms with E-state index in [-0.39, 0.29) is 11.5 Å². The molecule has 0 bridgehead atoms. The monoisotopic (exact) mass is 439 g/mol. The van der Waals surface area contributed by atoms with Crippen LogP contribution in [-0.4, -0.2) is 18.0 Å². The van der Waals surface area contributed by atoms with Crippen molar-refractivity contribution in [2.45, 2.75) is 0 Å². The van der Waals surface area contributed by atoms with Gasteiger partial charge in [-0.1, -0.05) is 46.3 Å². The molecule has 0 heterocycles. The number of halogens is 2. The Morgan fingerprint density at radius 2 is 1.61 bits per heavy atom. The van der Waals surface area contributed by atoms with Crippen molar-refractivity contribution in [3.8, 4) is 0 Å². The molecule has 0 spiro atoms. The van der Waals surface area contributed by atoms with Crippen LogP contribution in [0.3, 0.4) is 0 Å². The zero-order valence-electron chi connectivity index (χ0n) is 14.5. The van der Waals surface area contributed by atoms with Gasteiger partial charge in [-0.3, -0.25) is 9.59 Å². The van der Waals surface area contributed by atoms with E-state index in [1.807, 2.05) is 6.07 Å². The van der Waals surface area contributed by atoms with Crippen LogP contribution in [0.25, 0.3) is 0 Å². The predicted molar refractivity (Wildman–Crippen MR) is 110 cm³/mol. The highest BCUT2D eigenvalue weighted by atomic mass is 79.9. The Bertz CT molecular complexity index is 1050. The summed E-state index contributed by atoms with van der Waals surface area (Å²) in [4.78, 5) is 24.6. The van der Waals surface area contributed by atoms with Gasteiger partial charge in [-0.15, -0.1) is 0 Å². The third-order valence-electron chi connectivity index (χ3n) is 3.74. The summed E-state index contributed by atoms with van der Waals surface area (Å²) in [5.74, 6) is -1.21. The van der Waals surface area contributed by atoms with Gasteiger partial charge in [-0.2, -0.15) is 5.10 Å². The molecular formula is C21H15BrFN3O2. The number of carbonyl (C=O) groups is 2. The minimum absolute atomic E-state index is 0.262. The van der Waals surface area contributed by atoms with Crippen molar-refractivity contribution in [3.63, 3.8) is 0 Å². The highest BCUT2D eigenvalue weighted by Crippen LogP contribution is 2.15. The lowest BCUT2D eigenvalue weighted by Gasteiger charge is -2.07. The van der Waals surface area contributed by atoms with Crippen LogP contribution in [0.2, 0.25) is 0 Å². The van der Waals surface area contributed by atoms with E-state index in [2.05, 4.69) is 31.8 Å². The number of amides is 2. The predicted octanol–water partition coefficient (Wildman–Crippen LogP) is 4.60. The maximum Gasteiger partial charge on any atom is 0.271 e. The average molecular weight is 440 g/mol. The van der Waals surface area contributed by atoms with Gasteiger partial charge in [0.2, 0.25) is 0 Å². The van der Waals surface area contributed by atoms with E-state index in [0.717, 1.165) is 4.47 Å². The molecule has 0 radical (unpaired) electrons. The molecule has 0 aromatic heterocycles. The molecule has 0 unspecified atom stereocenters. The van der Waals surface area contributed by atoms with Crippen LogP contribution >= 0.6 is 15.9 Å². The Kier molecular flexibility index (Phi) is 6.29. The Morgan fingerprint density at radius 1 is 0.893 bits per heavy atom. The lowest BCUT2D eigenvalue weighted by atomic mass is 10.1. The van der Waals surface area contributed by atoms with Crippen LogP contribution in [0.1, 0.15) is 26.3 Å². The summed E-state index contributed by atoms with van der Waals surface area (Å²) in [7, 11) is 0. The third kappa shape index (κ3) is 5.11. The van der Waals surface area contributed by atoms with Crippen molar-refractivity contribution >= 4 is 39.6 Å². The molecule has 3 rings (SSSR count). The van der Waals surface area contributed by atoms with E-state index in [4.69, 9.17) is 0 Å². The number of anilines is 1. The van der Waals surface area contributed by atoms with Crippen LogP contribution in [0.4, 0.5) is 10.1 Å². The van der Waals surface area contributed by atoms with Gasteiger partial charge >= 0.3 is 0 Å². The fourth-order valence-electron chi connectivity index (χ4n) is 2.38. The average Bonchev–Trinajstić information content (AvgIpc) is 2.69. The molecule has 0 saturated heterocycles. The van der Waals surface area contributed by atoms with E-state index < -0.39 is 11.7 Å². The van der Waals surface area contributed by atoms with Gasteiger partial charge in [-0.25, -0.2) is 9.82 Å². The third-order valence-corrected chi connectivity index (χ3v) is 4.24. The highest BCUT2D eigenvalue weighted by Gasteiger charge is 2.09. The standard InChI is InChI=1S/C21H15BrFN3O2/c22-17-8-3-6-14(11-17)20(27)25-18-9-4-7-15(12-18)21(28)26-24-13-16-5-1-2-10-19(16)23/h1-13H,(H,25,27)(H,26,28). The Balaban J connectivity index is 1.66. The Hall–Kier alpha value is -3.32. The maximum absolute atomic E-state index is 13.5. The first kappa shape index (κ1) is 19.4. The van der Waals surface area contributed by atoms with Crippen molar-refractivity contribution in [1.29, 1.82) is 0 Å². The second-order valence-corrected chi connectivity index (χ2v) is 6.68. The number of carbonyl (C=O) groups excluding carboxylic acids is 2. The van der Waals surface area contributed by atoms with Crippen LogP contribution in [0.15, 0.2) is 82.4 Å². The van der Waals surface area contributed by atoms with Gasteiger partial charge in [0.15, 0.2) is 0 Å². The summed E-state index contributed by atoms with van der Waals surface area (Å²) < 4.78 is 14.3. The molecule has 28 heavy (non-hydrogen) atoms. The molecule has 2 amide bonds. The summed E-state index contributed by atoms with van der Waals surface area (Å²) in [6, 6.07) is 19.5. The van der Waals surface area contributed by atoms with E-state index in [1.54, 1.807) is 54.6 Å². The molecule has 0 aliphatic heterocycles. The zero-order valence-corrected chi connectivity index (χ0v) is 16.1. The number of benzene rings is 3. The van der Waals surface area contributed by atoms with Crippen molar-refractivity contribution in [2.75, 3.05) is 5.32 Å². The quantitative estimate of drug-likeness (QED) is 0.450. The van der Waals surface area contributed by atoms with E-state index in [0.29, 0.717) is 16.8 Å². The van der Waals surface area contributed by atoms with Gasteiger partial charge in [-0.05, 0) is 42.5 Å². The van der Waals surface area contributed by atoms with Crippen molar-refractivity contribution in [2.24, 2.45) is 5.10 Å². The molecule has 140 valence electrons. The lowest BCUT2D eigenvalue weighted by Crippen LogP contribution is -2.18. The number of hydrogen-bond acceptors (Lipinski definition) is 3. The summed E-state index contributed by atoms with van der Waals surface area (Å²) in [5, 5.41) is 6.51. The second kappa shape index (κ2) is 9.05. The second-order valence-electron chi connectivity index (χ2n) is 5.77. The summed E-state index contributed by atoms with van der Waals surface area (Å²) in [5.41, 5.74) is 3.86. The molecule has 5 nitrogen and oxygen atoms in total. The largest absolute Gasteiger partial charge is 0.322 e. The maximum atomic E-state index is 13.5. The Morgan fingerprint density at radius 3 is 2.36 bits per heavy atom. The minimum Gasteiger partial charge on any atom is -0.322 e. The molecule has 2 N–H and O–H groups in total. The number of hydrazone groups is 1. The van der Waals surface area contributed by atoms with Crippen molar-refractivity contribution in [3.05, 3.63) is 99.8 Å². The van der Waals surface area contributed by atoms with Gasteiger partial charge < -0.3 is 5.32 Å². The van der Waals surface area contributed by atoms with Crippen LogP contribution in [0, 0.1) is 5.82 Å². The van der Waals surface area contributed by atoms with E-state index in [1.165, 1.54) is 18.3 Å². The van der Waals surface area contributed by atoms with Crippen LogP contribution in [-0.2, 0) is 0 Å². The first-order valence-corrected chi connectivity index (χ1v) is 9.07. The van der Waals surface area contributed by atoms with Gasteiger partial charge in [0.05, 0.1) is 6.21 Å². The van der Waals surface area contributed by atoms with Gasteiger partial charge in [0.1, 0.15) is 5.82 Å². The molecule has 3 aromatic carbocycles. The molecule has 0 atom stereocenters. The first-order valence-electron chi connectivity index (χ1n) is 8.28. The highest BCUT2D eigenvalue weighted by molar-refractivity contribution is 9.10. The fraction of sp³-hybridized carbons (Fsp3) is 0. The lowest BCUT2D eigenvalue weighted by molar-refractivity contribution is 0.0953. The van der Waals surface area contributed by atoms with Crippen molar-refractivity contribution < 1.29 is 14.0 Å². The summed E-state index contributed by atoms with van der Waals surface area (Å²) >= 11 is 3.32. The molecule has 0 aliphatic carbocycles. The summed E-state index contributed by atoms with van der Waals surface area (Å²) in [6.07, 6.45) is 1.23. The molecule has 0 saturated carbocycles. The number of hydrogen-bond donors (Lipinski definition) is 2. The van der Waals surface area contributed by atoms with Gasteiger partial charge in [0, 0.05) is 26.9 Å². The first-order chi connectivity index (χ1) is 13.5. The molecule has 0 aliphatic rings. The number of nitrogens with one attached hydrogen (secondary N) is 2. The van der Waals surface area contributed by atoms with Gasteiger partial charge in [0.25, 0.3) is 11.8 Å². The zero-order chi connectivity index (χ0) is 19.9. The Labute approximate surface area is 169 Å². The SMILES string of the molecule is O=C(NN=Cc1ccccc1F)c1cccc(NC(=O)c2cccc(Br)c2)c1. The molecular weight excluding hydrogens is 425 g/mol. The fourth-order valence-corrected chi connectivity index (χ4v) is 2.78. The molecule has 3 aromatic rings. The molecule has 0 fully saturated rings.